The van der Waals surface area contributed by atoms with Gasteiger partial charge in [-0.3, -0.25) is 9.59 Å². The molecule has 4 nitrogen and oxygen atoms in total. The third kappa shape index (κ3) is 6.22. The fraction of sp³-hybridized carbons (Fsp3) is 0.200. The summed E-state index contributed by atoms with van der Waals surface area (Å²) in [5.41, 5.74) is 4.84. The van der Waals surface area contributed by atoms with Gasteiger partial charge in [0.15, 0.2) is 0 Å². The summed E-state index contributed by atoms with van der Waals surface area (Å²) in [4.78, 5) is 25.8. The van der Waals surface area contributed by atoms with Gasteiger partial charge in [-0.15, -0.1) is 11.8 Å². The number of carbonyl (C=O) groups is 2. The molecule has 0 aliphatic heterocycles. The van der Waals surface area contributed by atoms with E-state index in [4.69, 9.17) is 0 Å². The zero-order chi connectivity index (χ0) is 21.5. The monoisotopic (exact) mass is 418 g/mol. The number of aryl methyl sites for hydroxylation is 2. The average molecular weight is 419 g/mol. The number of thioether (sulfide) groups is 1. The third-order valence-corrected chi connectivity index (χ3v) is 5.88. The zero-order valence-electron chi connectivity index (χ0n) is 17.4. The molecule has 0 aromatic heterocycles. The largest absolute Gasteiger partial charge is 0.326 e. The summed E-state index contributed by atoms with van der Waals surface area (Å²) in [7, 11) is 0. The molecule has 5 heteroatoms. The van der Waals surface area contributed by atoms with Gasteiger partial charge in [-0.25, -0.2) is 0 Å². The van der Waals surface area contributed by atoms with Crippen LogP contribution in [-0.4, -0.2) is 17.1 Å². The van der Waals surface area contributed by atoms with Crippen molar-refractivity contribution in [3.63, 3.8) is 0 Å². The standard InChI is InChI=1S/C25H26N2O2S/c1-17-12-13-22(14-18(17)2)27-25(29)19(3)30-23-11-7-10-21(16-23)26-24(28)15-20-8-5-4-6-9-20/h4-14,16,19H,15H2,1-3H3,(H,26,28)(H,27,29). The van der Waals surface area contributed by atoms with Crippen LogP contribution in [0.2, 0.25) is 0 Å². The van der Waals surface area contributed by atoms with Gasteiger partial charge in [0.05, 0.1) is 11.7 Å². The van der Waals surface area contributed by atoms with Crippen LogP contribution in [0, 0.1) is 13.8 Å². The molecular formula is C25H26N2O2S. The number of hydrogen-bond acceptors (Lipinski definition) is 3. The molecule has 2 N–H and O–H groups in total. The lowest BCUT2D eigenvalue weighted by Crippen LogP contribution is -2.22. The molecule has 3 aromatic rings. The Balaban J connectivity index is 1.57. The van der Waals surface area contributed by atoms with Gasteiger partial charge >= 0.3 is 0 Å². The van der Waals surface area contributed by atoms with Crippen molar-refractivity contribution in [3.05, 3.63) is 89.5 Å². The molecule has 0 heterocycles. The van der Waals surface area contributed by atoms with E-state index in [1.54, 1.807) is 0 Å². The number of anilines is 2. The number of benzene rings is 3. The van der Waals surface area contributed by atoms with Gasteiger partial charge in [-0.05, 0) is 67.8 Å². The van der Waals surface area contributed by atoms with Crippen LogP contribution in [0.1, 0.15) is 23.6 Å². The van der Waals surface area contributed by atoms with Crippen molar-refractivity contribution in [2.45, 2.75) is 37.3 Å². The maximum Gasteiger partial charge on any atom is 0.237 e. The van der Waals surface area contributed by atoms with E-state index in [2.05, 4.69) is 10.6 Å². The van der Waals surface area contributed by atoms with E-state index in [-0.39, 0.29) is 17.1 Å². The second-order valence-corrected chi connectivity index (χ2v) is 8.70. The fourth-order valence-electron chi connectivity index (χ4n) is 2.95. The van der Waals surface area contributed by atoms with Crippen molar-refractivity contribution in [3.8, 4) is 0 Å². The molecule has 0 aliphatic rings. The number of carbonyl (C=O) groups excluding carboxylic acids is 2. The Hall–Kier alpha value is -3.05. The van der Waals surface area contributed by atoms with Crippen LogP contribution in [-0.2, 0) is 16.0 Å². The fourth-order valence-corrected chi connectivity index (χ4v) is 3.88. The first-order chi connectivity index (χ1) is 14.4. The molecule has 0 saturated heterocycles. The SMILES string of the molecule is Cc1ccc(NC(=O)C(C)Sc2cccc(NC(=O)Cc3ccccc3)c2)cc1C. The van der Waals surface area contributed by atoms with Crippen LogP contribution in [0.25, 0.3) is 0 Å². The maximum absolute atomic E-state index is 12.6. The van der Waals surface area contributed by atoms with Gasteiger partial charge in [0, 0.05) is 16.3 Å². The van der Waals surface area contributed by atoms with Crippen LogP contribution >= 0.6 is 11.8 Å². The van der Waals surface area contributed by atoms with Crippen LogP contribution < -0.4 is 10.6 Å². The summed E-state index contributed by atoms with van der Waals surface area (Å²) in [6, 6.07) is 23.1. The highest BCUT2D eigenvalue weighted by Crippen LogP contribution is 2.27. The Morgan fingerprint density at radius 1 is 0.833 bits per heavy atom. The molecule has 0 spiro atoms. The molecule has 1 atom stereocenters. The van der Waals surface area contributed by atoms with E-state index in [0.717, 1.165) is 27.4 Å². The highest BCUT2D eigenvalue weighted by atomic mass is 32.2. The first kappa shape index (κ1) is 21.7. The highest BCUT2D eigenvalue weighted by molar-refractivity contribution is 8.00. The van der Waals surface area contributed by atoms with Crippen LogP contribution in [0.5, 0.6) is 0 Å². The van der Waals surface area contributed by atoms with E-state index < -0.39 is 0 Å². The Labute approximate surface area is 182 Å². The predicted molar refractivity (Wildman–Crippen MR) is 125 cm³/mol. The minimum atomic E-state index is -0.276. The first-order valence-corrected chi connectivity index (χ1v) is 10.8. The quantitative estimate of drug-likeness (QED) is 0.491. The topological polar surface area (TPSA) is 58.2 Å². The molecule has 0 fully saturated rings. The van der Waals surface area contributed by atoms with Gasteiger partial charge in [0.25, 0.3) is 0 Å². The van der Waals surface area contributed by atoms with E-state index in [1.807, 2.05) is 93.6 Å². The predicted octanol–water partition coefficient (Wildman–Crippen LogP) is 5.60. The Morgan fingerprint density at radius 3 is 2.30 bits per heavy atom. The maximum atomic E-state index is 12.6. The summed E-state index contributed by atoms with van der Waals surface area (Å²) in [5.74, 6) is -0.120. The third-order valence-electron chi connectivity index (χ3n) is 4.78. The van der Waals surface area contributed by atoms with Gasteiger partial charge in [-0.2, -0.15) is 0 Å². The van der Waals surface area contributed by atoms with Crippen LogP contribution in [0.4, 0.5) is 11.4 Å². The smallest absolute Gasteiger partial charge is 0.237 e. The van der Waals surface area contributed by atoms with Gasteiger partial charge in [0.1, 0.15) is 0 Å². The van der Waals surface area contributed by atoms with Crippen molar-refractivity contribution in [1.82, 2.24) is 0 Å². The van der Waals surface area contributed by atoms with E-state index in [1.165, 1.54) is 17.3 Å². The van der Waals surface area contributed by atoms with Crippen LogP contribution in [0.15, 0.2) is 77.7 Å². The lowest BCUT2D eigenvalue weighted by Gasteiger charge is -2.14. The average Bonchev–Trinajstić information content (AvgIpc) is 2.71. The molecular weight excluding hydrogens is 392 g/mol. The van der Waals surface area contributed by atoms with E-state index in [9.17, 15) is 9.59 Å². The lowest BCUT2D eigenvalue weighted by atomic mass is 10.1. The highest BCUT2D eigenvalue weighted by Gasteiger charge is 2.15. The molecule has 2 amide bonds. The minimum absolute atomic E-state index is 0.0539. The Bertz CT molecular complexity index is 1030. The van der Waals surface area contributed by atoms with Crippen LogP contribution in [0.3, 0.4) is 0 Å². The van der Waals surface area contributed by atoms with Crippen molar-refractivity contribution in [1.29, 1.82) is 0 Å². The van der Waals surface area contributed by atoms with Crippen molar-refractivity contribution >= 4 is 35.0 Å². The van der Waals surface area contributed by atoms with Crippen molar-refractivity contribution < 1.29 is 9.59 Å². The molecule has 0 bridgehead atoms. The summed E-state index contributed by atoms with van der Waals surface area (Å²) in [6.45, 7) is 5.95. The molecule has 154 valence electrons. The molecule has 30 heavy (non-hydrogen) atoms. The number of nitrogens with one attached hydrogen (secondary N) is 2. The summed E-state index contributed by atoms with van der Waals surface area (Å²) in [6.07, 6.45) is 0.326. The molecule has 3 aromatic carbocycles. The van der Waals surface area contributed by atoms with Gasteiger partial charge < -0.3 is 10.6 Å². The van der Waals surface area contributed by atoms with Gasteiger partial charge in [0.2, 0.25) is 11.8 Å². The molecule has 3 rings (SSSR count). The normalized spacial score (nSPS) is 11.6. The summed E-state index contributed by atoms with van der Waals surface area (Å²) >= 11 is 1.46. The number of rotatable bonds is 7. The molecule has 1 unspecified atom stereocenters. The first-order valence-electron chi connectivity index (χ1n) is 9.89. The van der Waals surface area contributed by atoms with Crippen molar-refractivity contribution in [2.75, 3.05) is 10.6 Å². The van der Waals surface area contributed by atoms with Crippen molar-refractivity contribution in [2.24, 2.45) is 0 Å². The van der Waals surface area contributed by atoms with E-state index >= 15 is 0 Å². The second-order valence-electron chi connectivity index (χ2n) is 7.29. The number of amides is 2. The van der Waals surface area contributed by atoms with Gasteiger partial charge in [-0.1, -0.05) is 42.5 Å². The zero-order valence-corrected chi connectivity index (χ0v) is 18.3. The number of hydrogen-bond donors (Lipinski definition) is 2. The Kier molecular flexibility index (Phi) is 7.31. The molecule has 0 aliphatic carbocycles. The summed E-state index contributed by atoms with van der Waals surface area (Å²) in [5, 5.41) is 5.63. The Morgan fingerprint density at radius 2 is 1.57 bits per heavy atom. The lowest BCUT2D eigenvalue weighted by molar-refractivity contribution is -0.116. The second kappa shape index (κ2) is 10.1. The molecule has 0 radical (unpaired) electrons. The van der Waals surface area contributed by atoms with E-state index in [0.29, 0.717) is 6.42 Å². The summed E-state index contributed by atoms with van der Waals surface area (Å²) < 4.78 is 0. The molecule has 0 saturated carbocycles. The minimum Gasteiger partial charge on any atom is -0.326 e.